The lowest BCUT2D eigenvalue weighted by atomic mass is 10.5. The first-order chi connectivity index (χ1) is 8.35. The molecule has 0 radical (unpaired) electrons. The van der Waals surface area contributed by atoms with Gasteiger partial charge in [0.15, 0.2) is 0 Å². The molecule has 0 aromatic heterocycles. The van der Waals surface area contributed by atoms with E-state index in [1.165, 1.54) is 7.11 Å². The van der Waals surface area contributed by atoms with Crippen LogP contribution in [0.1, 0.15) is 0 Å². The highest BCUT2D eigenvalue weighted by Gasteiger charge is 2.26. The Bertz CT molecular complexity index is 272. The third-order valence-electron chi connectivity index (χ3n) is 1.69. The Balaban J connectivity index is 3.55. The number of amides is 2. The summed E-state index contributed by atoms with van der Waals surface area (Å²) in [7, 11) is 1.47. The van der Waals surface area contributed by atoms with Crippen LogP contribution in [0.25, 0.3) is 0 Å². The van der Waals surface area contributed by atoms with Gasteiger partial charge in [-0.1, -0.05) is 0 Å². The summed E-state index contributed by atoms with van der Waals surface area (Å²) in [4.78, 5) is 22.1. The number of halogens is 3. The first kappa shape index (κ1) is 16.6. The molecule has 0 heterocycles. The highest BCUT2D eigenvalue weighted by atomic mass is 19.4. The van der Waals surface area contributed by atoms with Gasteiger partial charge in [-0.05, 0) is 0 Å². The van der Waals surface area contributed by atoms with E-state index in [9.17, 15) is 22.8 Å². The van der Waals surface area contributed by atoms with Gasteiger partial charge in [0.25, 0.3) is 0 Å². The maximum atomic E-state index is 11.7. The number of hydrogen-bond acceptors (Lipinski definition) is 4. The Labute approximate surface area is 102 Å². The Morgan fingerprint density at radius 3 is 2.28 bits per heavy atom. The van der Waals surface area contributed by atoms with Crippen LogP contribution in [0, 0.1) is 0 Å². The van der Waals surface area contributed by atoms with Crippen LogP contribution in [0.4, 0.5) is 13.2 Å². The van der Waals surface area contributed by atoms with Crippen LogP contribution >= 0.6 is 0 Å². The lowest BCUT2D eigenvalue weighted by Gasteiger charge is -2.09. The normalized spacial score (nSPS) is 11.1. The van der Waals surface area contributed by atoms with Gasteiger partial charge in [-0.3, -0.25) is 9.59 Å². The summed E-state index contributed by atoms with van der Waals surface area (Å²) in [6.45, 7) is -1.38. The number of carbonyl (C=O) groups excluding carboxylic acids is 2. The smallest absolute Gasteiger partial charge is 0.383 e. The third kappa shape index (κ3) is 11.1. The van der Waals surface area contributed by atoms with E-state index in [0.717, 1.165) is 0 Å². The van der Waals surface area contributed by atoms with Crippen molar-refractivity contribution in [2.45, 2.75) is 6.18 Å². The average Bonchev–Trinajstić information content (AvgIpc) is 2.25. The van der Waals surface area contributed by atoms with Crippen molar-refractivity contribution in [1.29, 1.82) is 0 Å². The quantitative estimate of drug-likeness (QED) is 0.496. The second-order valence-electron chi connectivity index (χ2n) is 3.34. The number of carbonyl (C=O) groups is 2. The fraction of sp³-hybridized carbons (Fsp3) is 0.778. The number of rotatable bonds is 8. The van der Waals surface area contributed by atoms with E-state index >= 15 is 0 Å². The minimum atomic E-state index is -4.36. The molecule has 0 aromatic rings. The number of ether oxygens (including phenoxy) is 1. The van der Waals surface area contributed by atoms with Crippen molar-refractivity contribution in [2.75, 3.05) is 39.9 Å². The highest BCUT2D eigenvalue weighted by molar-refractivity contribution is 5.85. The number of alkyl halides is 3. The zero-order valence-electron chi connectivity index (χ0n) is 9.89. The summed E-state index contributed by atoms with van der Waals surface area (Å²) < 4.78 is 39.9. The van der Waals surface area contributed by atoms with Crippen molar-refractivity contribution >= 4 is 11.8 Å². The molecule has 0 fully saturated rings. The minimum absolute atomic E-state index is 0.282. The molecule has 18 heavy (non-hydrogen) atoms. The van der Waals surface area contributed by atoms with E-state index in [0.29, 0.717) is 13.2 Å². The fourth-order valence-corrected chi connectivity index (χ4v) is 0.914. The zero-order valence-corrected chi connectivity index (χ0v) is 9.89. The molecule has 0 saturated carbocycles. The highest BCUT2D eigenvalue weighted by Crippen LogP contribution is 2.11. The summed E-state index contributed by atoms with van der Waals surface area (Å²) in [5, 5.41) is 6.53. The Morgan fingerprint density at radius 1 is 1.11 bits per heavy atom. The zero-order chi connectivity index (χ0) is 14.0. The van der Waals surface area contributed by atoms with Gasteiger partial charge in [-0.2, -0.15) is 13.2 Å². The molecular formula is C9H16F3N3O3. The van der Waals surface area contributed by atoms with E-state index in [4.69, 9.17) is 0 Å². The number of methoxy groups -OCH3 is 1. The van der Waals surface area contributed by atoms with Crippen molar-refractivity contribution in [1.82, 2.24) is 16.0 Å². The molecule has 0 aromatic carbocycles. The van der Waals surface area contributed by atoms with Crippen molar-refractivity contribution in [3.8, 4) is 0 Å². The maximum Gasteiger partial charge on any atom is 0.401 e. The molecule has 2 amide bonds. The van der Waals surface area contributed by atoms with Gasteiger partial charge in [-0.15, -0.1) is 0 Å². The van der Waals surface area contributed by atoms with Crippen LogP contribution in [0.15, 0.2) is 0 Å². The van der Waals surface area contributed by atoms with Crippen molar-refractivity contribution in [3.05, 3.63) is 0 Å². The standard InChI is InChI=1S/C9H16F3N3O3/c1-18-3-2-14-8(17)5-15-7(16)4-13-6-9(10,11)12/h13H,2-6H2,1H3,(H,14,17)(H,15,16). The first-order valence-corrected chi connectivity index (χ1v) is 5.15. The molecular weight excluding hydrogens is 255 g/mol. The summed E-state index contributed by atoms with van der Waals surface area (Å²) in [6, 6.07) is 0. The first-order valence-electron chi connectivity index (χ1n) is 5.15. The van der Waals surface area contributed by atoms with E-state index < -0.39 is 31.1 Å². The predicted molar refractivity (Wildman–Crippen MR) is 56.8 cm³/mol. The molecule has 9 heteroatoms. The average molecular weight is 271 g/mol. The minimum Gasteiger partial charge on any atom is -0.383 e. The van der Waals surface area contributed by atoms with Crippen LogP contribution in [-0.2, 0) is 14.3 Å². The molecule has 0 aliphatic heterocycles. The lowest BCUT2D eigenvalue weighted by Crippen LogP contribution is -2.42. The van der Waals surface area contributed by atoms with Gasteiger partial charge >= 0.3 is 6.18 Å². The third-order valence-corrected chi connectivity index (χ3v) is 1.69. The Morgan fingerprint density at radius 2 is 1.72 bits per heavy atom. The summed E-state index contributed by atoms with van der Waals surface area (Å²) in [5.41, 5.74) is 0. The van der Waals surface area contributed by atoms with Crippen molar-refractivity contribution < 1.29 is 27.5 Å². The molecule has 0 aliphatic carbocycles. The molecule has 0 unspecified atom stereocenters. The molecule has 0 aliphatic rings. The molecule has 6 nitrogen and oxygen atoms in total. The maximum absolute atomic E-state index is 11.7. The van der Waals surface area contributed by atoms with E-state index in [2.05, 4.69) is 15.4 Å². The van der Waals surface area contributed by atoms with Gasteiger partial charge < -0.3 is 20.7 Å². The molecule has 0 saturated heterocycles. The monoisotopic (exact) mass is 271 g/mol. The van der Waals surface area contributed by atoms with Crippen LogP contribution in [-0.4, -0.2) is 57.9 Å². The van der Waals surface area contributed by atoms with Gasteiger partial charge in [0.05, 0.1) is 26.2 Å². The fourth-order valence-electron chi connectivity index (χ4n) is 0.914. The summed E-state index contributed by atoms with van der Waals surface area (Å²) >= 11 is 0. The second-order valence-corrected chi connectivity index (χ2v) is 3.34. The summed E-state index contributed by atoms with van der Waals surface area (Å²) in [6.07, 6.45) is -4.36. The molecule has 0 rings (SSSR count). The predicted octanol–water partition coefficient (Wildman–Crippen LogP) is -0.983. The molecule has 0 atom stereocenters. The van der Waals surface area contributed by atoms with E-state index in [1.54, 1.807) is 0 Å². The van der Waals surface area contributed by atoms with Gasteiger partial charge in [0.1, 0.15) is 0 Å². The molecule has 0 spiro atoms. The lowest BCUT2D eigenvalue weighted by molar-refractivity contribution is -0.130. The van der Waals surface area contributed by atoms with E-state index in [1.807, 2.05) is 5.32 Å². The van der Waals surface area contributed by atoms with Crippen molar-refractivity contribution in [2.24, 2.45) is 0 Å². The van der Waals surface area contributed by atoms with Gasteiger partial charge in [0.2, 0.25) is 11.8 Å². The number of nitrogens with one attached hydrogen (secondary N) is 3. The van der Waals surface area contributed by atoms with Gasteiger partial charge in [0, 0.05) is 13.7 Å². The van der Waals surface area contributed by atoms with Crippen LogP contribution in [0.3, 0.4) is 0 Å². The SMILES string of the molecule is COCCNC(=O)CNC(=O)CNCC(F)(F)F. The van der Waals surface area contributed by atoms with Crippen LogP contribution in [0.2, 0.25) is 0 Å². The topological polar surface area (TPSA) is 79.5 Å². The molecule has 0 bridgehead atoms. The van der Waals surface area contributed by atoms with Crippen molar-refractivity contribution in [3.63, 3.8) is 0 Å². The van der Waals surface area contributed by atoms with Crippen LogP contribution < -0.4 is 16.0 Å². The summed E-state index contributed by atoms with van der Waals surface area (Å²) in [5.74, 6) is -1.11. The molecule has 3 N–H and O–H groups in total. The Kier molecular flexibility index (Phi) is 8.05. The molecule has 106 valence electrons. The van der Waals surface area contributed by atoms with E-state index in [-0.39, 0.29) is 6.54 Å². The van der Waals surface area contributed by atoms with Gasteiger partial charge in [-0.25, -0.2) is 0 Å². The number of hydrogen-bond donors (Lipinski definition) is 3. The Hall–Kier alpha value is -1.35. The largest absolute Gasteiger partial charge is 0.401 e. The second kappa shape index (κ2) is 8.70. The van der Waals surface area contributed by atoms with Crippen LogP contribution in [0.5, 0.6) is 0 Å².